The highest BCUT2D eigenvalue weighted by atomic mass is 16.5. The SMILES string of the molecule is C=COc1ccc2c(c1)OC1=C(C=O)CCCC1=C2. The Morgan fingerprint density at radius 3 is 3.00 bits per heavy atom. The van der Waals surface area contributed by atoms with Gasteiger partial charge in [-0.1, -0.05) is 6.58 Å². The smallest absolute Gasteiger partial charge is 0.149 e. The van der Waals surface area contributed by atoms with Crippen LogP contribution in [-0.2, 0) is 4.79 Å². The highest BCUT2D eigenvalue weighted by molar-refractivity contribution is 5.79. The zero-order chi connectivity index (χ0) is 13.2. The highest BCUT2D eigenvalue weighted by Crippen LogP contribution is 2.39. The van der Waals surface area contributed by atoms with Gasteiger partial charge >= 0.3 is 0 Å². The second kappa shape index (κ2) is 4.76. The molecule has 0 N–H and O–H groups in total. The molecule has 1 aliphatic heterocycles. The summed E-state index contributed by atoms with van der Waals surface area (Å²) in [4.78, 5) is 11.1. The molecule has 0 fully saturated rings. The number of benzene rings is 1. The molecule has 3 nitrogen and oxygen atoms in total. The van der Waals surface area contributed by atoms with E-state index in [1.54, 1.807) is 0 Å². The Balaban J connectivity index is 2.06. The van der Waals surface area contributed by atoms with Gasteiger partial charge in [-0.05, 0) is 43.0 Å². The van der Waals surface area contributed by atoms with E-state index in [4.69, 9.17) is 9.47 Å². The van der Waals surface area contributed by atoms with Gasteiger partial charge in [0.2, 0.25) is 0 Å². The van der Waals surface area contributed by atoms with Crippen molar-refractivity contribution in [1.82, 2.24) is 0 Å². The molecule has 0 atom stereocenters. The summed E-state index contributed by atoms with van der Waals surface area (Å²) in [6.07, 6.45) is 7.11. The number of allylic oxidation sites excluding steroid dienone is 2. The molecule has 0 aromatic heterocycles. The third kappa shape index (κ3) is 2.08. The van der Waals surface area contributed by atoms with Crippen molar-refractivity contribution in [3.05, 3.63) is 53.5 Å². The van der Waals surface area contributed by atoms with Crippen LogP contribution in [0.5, 0.6) is 11.5 Å². The average Bonchev–Trinajstić information content (AvgIpc) is 2.45. The third-order valence-electron chi connectivity index (χ3n) is 3.36. The molecule has 0 bridgehead atoms. The lowest BCUT2D eigenvalue weighted by Gasteiger charge is -2.25. The topological polar surface area (TPSA) is 35.5 Å². The fourth-order valence-electron chi connectivity index (χ4n) is 2.47. The monoisotopic (exact) mass is 254 g/mol. The van der Waals surface area contributed by atoms with Crippen LogP contribution < -0.4 is 9.47 Å². The van der Waals surface area contributed by atoms with Crippen molar-refractivity contribution in [3.8, 4) is 11.5 Å². The normalized spacial score (nSPS) is 16.7. The molecule has 0 spiro atoms. The predicted molar refractivity (Wildman–Crippen MR) is 72.8 cm³/mol. The number of hydrogen-bond acceptors (Lipinski definition) is 3. The summed E-state index contributed by atoms with van der Waals surface area (Å²) in [5.41, 5.74) is 2.87. The largest absolute Gasteiger partial charge is 0.465 e. The first-order valence-corrected chi connectivity index (χ1v) is 6.30. The van der Waals surface area contributed by atoms with Crippen molar-refractivity contribution in [1.29, 1.82) is 0 Å². The van der Waals surface area contributed by atoms with E-state index in [0.29, 0.717) is 5.75 Å². The van der Waals surface area contributed by atoms with E-state index in [1.165, 1.54) is 6.26 Å². The molecule has 0 saturated heterocycles. The lowest BCUT2D eigenvalue weighted by Crippen LogP contribution is -2.13. The Morgan fingerprint density at radius 2 is 2.21 bits per heavy atom. The second-order valence-electron chi connectivity index (χ2n) is 4.58. The van der Waals surface area contributed by atoms with Gasteiger partial charge in [0.25, 0.3) is 0 Å². The van der Waals surface area contributed by atoms with E-state index in [9.17, 15) is 4.79 Å². The summed E-state index contributed by atoms with van der Waals surface area (Å²) in [5.74, 6) is 2.12. The van der Waals surface area contributed by atoms with Crippen LogP contribution in [0.25, 0.3) is 6.08 Å². The number of carbonyl (C=O) groups excluding carboxylic acids is 1. The number of carbonyl (C=O) groups is 1. The summed E-state index contributed by atoms with van der Waals surface area (Å²) < 4.78 is 11.1. The summed E-state index contributed by atoms with van der Waals surface area (Å²) >= 11 is 0. The van der Waals surface area contributed by atoms with Gasteiger partial charge in [0.15, 0.2) is 0 Å². The molecule has 1 heterocycles. The van der Waals surface area contributed by atoms with Crippen LogP contribution in [-0.4, -0.2) is 6.29 Å². The summed E-state index contributed by atoms with van der Waals surface area (Å²) in [5, 5.41) is 0. The number of fused-ring (bicyclic) bond motifs is 2. The van der Waals surface area contributed by atoms with Crippen molar-refractivity contribution in [2.45, 2.75) is 19.3 Å². The Bertz CT molecular complexity index is 608. The number of rotatable bonds is 3. The van der Waals surface area contributed by atoms with Crippen LogP contribution in [0.3, 0.4) is 0 Å². The fraction of sp³-hybridized carbons (Fsp3) is 0.188. The van der Waals surface area contributed by atoms with E-state index in [-0.39, 0.29) is 0 Å². The van der Waals surface area contributed by atoms with Crippen molar-refractivity contribution in [3.63, 3.8) is 0 Å². The summed E-state index contributed by atoms with van der Waals surface area (Å²) in [6.45, 7) is 3.53. The molecule has 19 heavy (non-hydrogen) atoms. The molecule has 96 valence electrons. The van der Waals surface area contributed by atoms with E-state index >= 15 is 0 Å². The predicted octanol–water partition coefficient (Wildman–Crippen LogP) is 3.62. The van der Waals surface area contributed by atoms with Crippen molar-refractivity contribution in [2.24, 2.45) is 0 Å². The quantitative estimate of drug-likeness (QED) is 0.610. The molecule has 3 rings (SSSR count). The highest BCUT2D eigenvalue weighted by Gasteiger charge is 2.24. The first-order chi connectivity index (χ1) is 9.31. The first kappa shape index (κ1) is 11.8. The minimum atomic E-state index is 0.676. The maximum atomic E-state index is 11.1. The Labute approximate surface area is 111 Å². The fourth-order valence-corrected chi connectivity index (χ4v) is 2.47. The number of aldehydes is 1. The molecular weight excluding hydrogens is 240 g/mol. The van der Waals surface area contributed by atoms with Gasteiger partial charge in [0.1, 0.15) is 23.5 Å². The molecular formula is C16H14O3. The van der Waals surface area contributed by atoms with Gasteiger partial charge in [-0.15, -0.1) is 0 Å². The molecule has 1 aliphatic carbocycles. The Kier molecular flexibility index (Phi) is 2.95. The lowest BCUT2D eigenvalue weighted by molar-refractivity contribution is -0.105. The molecule has 3 heteroatoms. The van der Waals surface area contributed by atoms with Gasteiger partial charge < -0.3 is 9.47 Å². The van der Waals surface area contributed by atoms with Crippen molar-refractivity contribution < 1.29 is 14.3 Å². The standard InChI is InChI=1S/C16H14O3/c1-2-18-14-7-6-11-8-12-4-3-5-13(10-17)16(12)19-15(11)9-14/h2,6-10H,1,3-5H2. The second-order valence-corrected chi connectivity index (χ2v) is 4.58. The van der Waals surface area contributed by atoms with Gasteiger partial charge in [-0.3, -0.25) is 4.79 Å². The molecule has 0 amide bonds. The molecule has 1 aromatic rings. The minimum absolute atomic E-state index is 0.676. The van der Waals surface area contributed by atoms with E-state index in [2.05, 4.69) is 12.7 Å². The van der Waals surface area contributed by atoms with Crippen LogP contribution in [0.15, 0.2) is 47.9 Å². The zero-order valence-corrected chi connectivity index (χ0v) is 10.5. The number of hydrogen-bond donors (Lipinski definition) is 0. The van der Waals surface area contributed by atoms with E-state index < -0.39 is 0 Å². The first-order valence-electron chi connectivity index (χ1n) is 6.30. The Morgan fingerprint density at radius 1 is 1.32 bits per heavy atom. The van der Waals surface area contributed by atoms with Crippen LogP contribution in [0, 0.1) is 0 Å². The van der Waals surface area contributed by atoms with Crippen LogP contribution >= 0.6 is 0 Å². The molecule has 2 aliphatic rings. The van der Waals surface area contributed by atoms with Gasteiger partial charge in [-0.2, -0.15) is 0 Å². The van der Waals surface area contributed by atoms with Gasteiger partial charge in [0, 0.05) is 17.2 Å². The van der Waals surface area contributed by atoms with Crippen LogP contribution in [0.2, 0.25) is 0 Å². The van der Waals surface area contributed by atoms with E-state index in [0.717, 1.165) is 53.8 Å². The summed E-state index contributed by atoms with van der Waals surface area (Å²) in [6, 6.07) is 5.64. The van der Waals surface area contributed by atoms with E-state index in [1.807, 2.05) is 18.2 Å². The lowest BCUT2D eigenvalue weighted by atomic mass is 9.91. The maximum Gasteiger partial charge on any atom is 0.149 e. The number of ether oxygens (including phenoxy) is 2. The molecule has 0 radical (unpaired) electrons. The molecule has 1 aromatic carbocycles. The minimum Gasteiger partial charge on any atom is -0.465 e. The van der Waals surface area contributed by atoms with Gasteiger partial charge in [-0.25, -0.2) is 0 Å². The Hall–Kier alpha value is -2.29. The maximum absolute atomic E-state index is 11.1. The molecule has 0 unspecified atom stereocenters. The van der Waals surface area contributed by atoms with Gasteiger partial charge in [0.05, 0.1) is 6.26 Å². The third-order valence-corrected chi connectivity index (χ3v) is 3.36. The van der Waals surface area contributed by atoms with Crippen molar-refractivity contribution >= 4 is 12.4 Å². The van der Waals surface area contributed by atoms with Crippen LogP contribution in [0.1, 0.15) is 24.8 Å². The zero-order valence-electron chi connectivity index (χ0n) is 10.5. The summed E-state index contributed by atoms with van der Waals surface area (Å²) in [7, 11) is 0. The van der Waals surface area contributed by atoms with Crippen molar-refractivity contribution in [2.75, 3.05) is 0 Å². The average molecular weight is 254 g/mol. The van der Waals surface area contributed by atoms with Crippen LogP contribution in [0.4, 0.5) is 0 Å². The molecule has 0 saturated carbocycles.